The van der Waals surface area contributed by atoms with Crippen molar-refractivity contribution in [2.24, 2.45) is 0 Å². The van der Waals surface area contributed by atoms with Crippen LogP contribution in [0, 0.1) is 0 Å². The number of aryl methyl sites for hydroxylation is 1. The summed E-state index contributed by atoms with van der Waals surface area (Å²) >= 11 is 0. The SMILES string of the molecule is C1=C[C@H](CC2CCCN2)c2ccc3c4c(ccc3c2=C1)CCCC=4. The first-order chi connectivity index (χ1) is 11.9. The monoisotopic (exact) mass is 315 g/mol. The molecule has 2 atom stereocenters. The first kappa shape index (κ1) is 14.5. The van der Waals surface area contributed by atoms with Gasteiger partial charge in [0.2, 0.25) is 0 Å². The Morgan fingerprint density at radius 2 is 1.92 bits per heavy atom. The smallest absolute Gasteiger partial charge is 0.00763 e. The zero-order valence-corrected chi connectivity index (χ0v) is 14.2. The van der Waals surface area contributed by atoms with Gasteiger partial charge in [-0.05, 0) is 77.4 Å². The fourth-order valence-electron chi connectivity index (χ4n) is 4.88. The van der Waals surface area contributed by atoms with Crippen LogP contribution in [0.5, 0.6) is 0 Å². The highest BCUT2D eigenvalue weighted by Gasteiger charge is 2.21. The molecule has 24 heavy (non-hydrogen) atoms. The Hall–Kier alpha value is -1.86. The van der Waals surface area contributed by atoms with Crippen LogP contribution < -0.4 is 15.8 Å². The van der Waals surface area contributed by atoms with E-state index < -0.39 is 0 Å². The molecule has 1 fully saturated rings. The van der Waals surface area contributed by atoms with Crippen molar-refractivity contribution in [2.75, 3.05) is 6.54 Å². The van der Waals surface area contributed by atoms with E-state index in [0.717, 1.165) is 0 Å². The van der Waals surface area contributed by atoms with E-state index in [1.807, 2.05) is 0 Å². The minimum atomic E-state index is 0.560. The standard InChI is InChI=1S/C23H25N/c1-2-8-19-16(5-1)10-11-23-21-9-3-6-17(15-18-7-4-14-24-18)20(21)12-13-22(19)23/h3,6,8-13,17-18,24H,1-2,4-5,7,14-15H2/t17-,18?/m1/s1. The van der Waals surface area contributed by atoms with Crippen LogP contribution in [0.15, 0.2) is 36.4 Å². The lowest BCUT2D eigenvalue weighted by Gasteiger charge is -2.22. The predicted molar refractivity (Wildman–Crippen MR) is 103 cm³/mol. The third-order valence-corrected chi connectivity index (χ3v) is 6.11. The fraction of sp³-hybridized carbons (Fsp3) is 0.391. The van der Waals surface area contributed by atoms with Crippen molar-refractivity contribution in [3.05, 3.63) is 58.0 Å². The summed E-state index contributed by atoms with van der Waals surface area (Å²) in [4.78, 5) is 0. The molecule has 1 nitrogen and oxygen atoms in total. The summed E-state index contributed by atoms with van der Waals surface area (Å²) in [5.74, 6) is 0.560. The quantitative estimate of drug-likeness (QED) is 0.894. The molecule has 1 heterocycles. The number of fused-ring (bicyclic) bond motifs is 5. The van der Waals surface area contributed by atoms with Crippen LogP contribution in [0.1, 0.15) is 49.1 Å². The van der Waals surface area contributed by atoms with Crippen LogP contribution in [0.25, 0.3) is 22.9 Å². The van der Waals surface area contributed by atoms with Crippen LogP contribution >= 0.6 is 0 Å². The Labute approximate surface area is 143 Å². The Bertz CT molecular complexity index is 929. The molecule has 1 N–H and O–H groups in total. The molecule has 0 saturated carbocycles. The highest BCUT2D eigenvalue weighted by atomic mass is 14.9. The number of allylic oxidation sites excluding steroid dienone is 2. The van der Waals surface area contributed by atoms with Gasteiger partial charge in [0.15, 0.2) is 0 Å². The van der Waals surface area contributed by atoms with Gasteiger partial charge >= 0.3 is 0 Å². The maximum atomic E-state index is 3.66. The van der Waals surface area contributed by atoms with Crippen molar-refractivity contribution in [1.82, 2.24) is 5.32 Å². The maximum Gasteiger partial charge on any atom is 0.00763 e. The molecule has 1 heteroatoms. The number of nitrogens with one attached hydrogen (secondary N) is 1. The first-order valence-electron chi connectivity index (χ1n) is 9.57. The summed E-state index contributed by atoms with van der Waals surface area (Å²) in [7, 11) is 0. The lowest BCUT2D eigenvalue weighted by atomic mass is 9.84. The van der Waals surface area contributed by atoms with Crippen LogP contribution in [0.4, 0.5) is 0 Å². The lowest BCUT2D eigenvalue weighted by molar-refractivity contribution is 0.530. The molecule has 2 aliphatic carbocycles. The molecule has 5 rings (SSSR count). The van der Waals surface area contributed by atoms with Crippen molar-refractivity contribution in [3.8, 4) is 0 Å². The van der Waals surface area contributed by atoms with Gasteiger partial charge in [0.1, 0.15) is 0 Å². The zero-order chi connectivity index (χ0) is 15.9. The molecule has 2 aromatic rings. The Balaban J connectivity index is 1.64. The maximum absolute atomic E-state index is 3.66. The second-order valence-electron chi connectivity index (χ2n) is 7.59. The van der Waals surface area contributed by atoms with Gasteiger partial charge in [-0.15, -0.1) is 0 Å². The average Bonchev–Trinajstić information content (AvgIpc) is 3.14. The Morgan fingerprint density at radius 3 is 2.83 bits per heavy atom. The van der Waals surface area contributed by atoms with Gasteiger partial charge in [-0.2, -0.15) is 0 Å². The van der Waals surface area contributed by atoms with Crippen molar-refractivity contribution < 1.29 is 0 Å². The highest BCUT2D eigenvalue weighted by Crippen LogP contribution is 2.27. The van der Waals surface area contributed by atoms with Gasteiger partial charge in [-0.25, -0.2) is 0 Å². The second-order valence-corrected chi connectivity index (χ2v) is 7.59. The molecule has 1 aliphatic heterocycles. The van der Waals surface area contributed by atoms with Crippen LogP contribution in [-0.2, 0) is 6.42 Å². The minimum Gasteiger partial charge on any atom is -0.314 e. The molecule has 0 radical (unpaired) electrons. The third-order valence-electron chi connectivity index (χ3n) is 6.11. The molecule has 1 unspecified atom stereocenters. The molecule has 122 valence electrons. The largest absolute Gasteiger partial charge is 0.314 e. The highest BCUT2D eigenvalue weighted by molar-refractivity contribution is 5.87. The van der Waals surface area contributed by atoms with Gasteiger partial charge < -0.3 is 5.32 Å². The van der Waals surface area contributed by atoms with Crippen LogP contribution in [-0.4, -0.2) is 12.6 Å². The molecule has 3 aliphatic rings. The van der Waals surface area contributed by atoms with E-state index in [4.69, 9.17) is 0 Å². The van der Waals surface area contributed by atoms with E-state index in [0.29, 0.717) is 12.0 Å². The fourth-order valence-corrected chi connectivity index (χ4v) is 4.88. The first-order valence-corrected chi connectivity index (χ1v) is 9.57. The molecule has 1 saturated heterocycles. The van der Waals surface area contributed by atoms with Crippen molar-refractivity contribution in [1.29, 1.82) is 0 Å². The van der Waals surface area contributed by atoms with Gasteiger partial charge in [0, 0.05) is 12.0 Å². The summed E-state index contributed by atoms with van der Waals surface area (Å²) in [5, 5.41) is 9.52. The molecule has 0 aromatic heterocycles. The van der Waals surface area contributed by atoms with Crippen LogP contribution in [0.2, 0.25) is 0 Å². The lowest BCUT2D eigenvalue weighted by Crippen LogP contribution is -2.27. The number of benzene rings is 2. The van der Waals surface area contributed by atoms with E-state index in [2.05, 4.69) is 53.9 Å². The summed E-state index contributed by atoms with van der Waals surface area (Å²) < 4.78 is 0. The van der Waals surface area contributed by atoms with Gasteiger partial charge in [0.05, 0.1) is 0 Å². The van der Waals surface area contributed by atoms with E-state index >= 15 is 0 Å². The number of rotatable bonds is 2. The Morgan fingerprint density at radius 1 is 1.00 bits per heavy atom. The van der Waals surface area contributed by atoms with E-state index in [1.165, 1.54) is 77.4 Å². The van der Waals surface area contributed by atoms with Crippen molar-refractivity contribution >= 4 is 22.9 Å². The molecule has 0 amide bonds. The van der Waals surface area contributed by atoms with E-state index in [1.54, 1.807) is 0 Å². The van der Waals surface area contributed by atoms with Gasteiger partial charge in [0.25, 0.3) is 0 Å². The summed E-state index contributed by atoms with van der Waals surface area (Å²) in [6.07, 6.45) is 17.1. The minimum absolute atomic E-state index is 0.560. The average molecular weight is 315 g/mol. The van der Waals surface area contributed by atoms with Crippen molar-refractivity contribution in [2.45, 2.75) is 50.5 Å². The van der Waals surface area contributed by atoms with E-state index in [9.17, 15) is 0 Å². The summed E-state index contributed by atoms with van der Waals surface area (Å²) in [5.41, 5.74) is 3.06. The normalized spacial score (nSPS) is 25.0. The molecule has 0 bridgehead atoms. The number of hydrogen-bond donors (Lipinski definition) is 1. The number of hydrogen-bond acceptors (Lipinski definition) is 1. The molecular formula is C23H25N. The topological polar surface area (TPSA) is 12.0 Å². The van der Waals surface area contributed by atoms with Crippen molar-refractivity contribution in [3.63, 3.8) is 0 Å². The van der Waals surface area contributed by atoms with E-state index in [-0.39, 0.29) is 0 Å². The predicted octanol–water partition coefficient (Wildman–Crippen LogP) is 3.53. The van der Waals surface area contributed by atoms with Crippen LogP contribution in [0.3, 0.4) is 0 Å². The Kier molecular flexibility index (Phi) is 3.56. The zero-order valence-electron chi connectivity index (χ0n) is 14.2. The second kappa shape index (κ2) is 5.89. The molecular weight excluding hydrogens is 290 g/mol. The summed E-state index contributed by atoms with van der Waals surface area (Å²) in [6.45, 7) is 1.19. The summed E-state index contributed by atoms with van der Waals surface area (Å²) in [6, 6.07) is 10.2. The molecule has 0 spiro atoms. The van der Waals surface area contributed by atoms with Gasteiger partial charge in [-0.3, -0.25) is 0 Å². The van der Waals surface area contributed by atoms with Gasteiger partial charge in [-0.1, -0.05) is 48.6 Å². The third kappa shape index (κ3) is 2.34. The molecule has 2 aromatic carbocycles.